The molecule has 0 bridgehead atoms. The Morgan fingerprint density at radius 3 is 2.94 bits per heavy atom. The maximum absolute atomic E-state index is 11.9. The number of amides is 1. The van der Waals surface area contributed by atoms with Gasteiger partial charge in [0.05, 0.1) is 18.4 Å². The number of hydrogen-bond acceptors (Lipinski definition) is 5. The second-order valence-corrected chi connectivity index (χ2v) is 4.42. The van der Waals surface area contributed by atoms with Crippen LogP contribution in [0, 0.1) is 0 Å². The van der Waals surface area contributed by atoms with Crippen molar-refractivity contribution in [1.82, 2.24) is 4.90 Å². The highest BCUT2D eigenvalue weighted by Gasteiger charge is 2.18. The van der Waals surface area contributed by atoms with Crippen LogP contribution in [-0.2, 0) is 4.74 Å². The first-order valence-electron chi connectivity index (χ1n) is 4.81. The molecule has 0 aromatic carbocycles. The van der Waals surface area contributed by atoms with Gasteiger partial charge in [0.25, 0.3) is 5.91 Å². The maximum atomic E-state index is 11.9. The van der Waals surface area contributed by atoms with E-state index in [0.717, 1.165) is 0 Å². The fraction of sp³-hybridized carbons (Fsp3) is 0.500. The third-order valence-electron chi connectivity index (χ3n) is 2.08. The van der Waals surface area contributed by atoms with Gasteiger partial charge in [0.2, 0.25) is 0 Å². The lowest BCUT2D eigenvalue weighted by Crippen LogP contribution is -2.36. The van der Waals surface area contributed by atoms with Crippen LogP contribution in [0.15, 0.2) is 11.4 Å². The first-order chi connectivity index (χ1) is 7.56. The van der Waals surface area contributed by atoms with Crippen LogP contribution in [0.25, 0.3) is 0 Å². The van der Waals surface area contributed by atoms with Crippen molar-refractivity contribution in [1.29, 1.82) is 0 Å². The normalized spacial score (nSPS) is 12.4. The number of nitrogen functional groups attached to an aromatic ring is 1. The Kier molecular flexibility index (Phi) is 4.72. The van der Waals surface area contributed by atoms with E-state index in [0.29, 0.717) is 10.6 Å². The monoisotopic (exact) mass is 244 g/mol. The minimum Gasteiger partial charge on any atom is -0.397 e. The van der Waals surface area contributed by atoms with Gasteiger partial charge in [0, 0.05) is 20.7 Å². The smallest absolute Gasteiger partial charge is 0.265 e. The van der Waals surface area contributed by atoms with E-state index in [1.54, 1.807) is 18.5 Å². The van der Waals surface area contributed by atoms with E-state index >= 15 is 0 Å². The maximum Gasteiger partial charge on any atom is 0.265 e. The largest absolute Gasteiger partial charge is 0.397 e. The number of hydrogen-bond donors (Lipinski definition) is 2. The average molecular weight is 244 g/mol. The van der Waals surface area contributed by atoms with Crippen LogP contribution in [0.1, 0.15) is 9.67 Å². The fourth-order valence-electron chi connectivity index (χ4n) is 1.31. The number of thiophene rings is 1. The lowest BCUT2D eigenvalue weighted by molar-refractivity contribution is 0.0382. The second kappa shape index (κ2) is 5.83. The molecule has 0 fully saturated rings. The lowest BCUT2D eigenvalue weighted by atomic mass is 10.3. The number of anilines is 1. The van der Waals surface area contributed by atoms with Gasteiger partial charge >= 0.3 is 0 Å². The Morgan fingerprint density at radius 2 is 2.44 bits per heavy atom. The third kappa shape index (κ3) is 3.19. The summed E-state index contributed by atoms with van der Waals surface area (Å²) in [4.78, 5) is 13.8. The summed E-state index contributed by atoms with van der Waals surface area (Å²) in [5, 5.41) is 11.3. The number of ether oxygens (including phenoxy) is 1. The molecule has 0 aliphatic heterocycles. The van der Waals surface area contributed by atoms with E-state index in [1.807, 2.05) is 0 Å². The summed E-state index contributed by atoms with van der Waals surface area (Å²) in [6.07, 6.45) is -0.680. The number of likely N-dealkylation sites (N-methyl/N-ethyl adjacent to an activating group) is 1. The third-order valence-corrected chi connectivity index (χ3v) is 3.00. The fourth-order valence-corrected chi connectivity index (χ4v) is 2.12. The molecule has 1 atom stereocenters. The van der Waals surface area contributed by atoms with Crippen molar-refractivity contribution in [3.63, 3.8) is 0 Å². The number of nitrogens with two attached hydrogens (primary N) is 1. The van der Waals surface area contributed by atoms with E-state index < -0.39 is 6.10 Å². The van der Waals surface area contributed by atoms with Gasteiger partial charge in [-0.15, -0.1) is 11.3 Å². The highest BCUT2D eigenvalue weighted by molar-refractivity contribution is 7.12. The van der Waals surface area contributed by atoms with Crippen LogP contribution in [0.2, 0.25) is 0 Å². The van der Waals surface area contributed by atoms with Gasteiger partial charge in [0.1, 0.15) is 4.88 Å². The highest BCUT2D eigenvalue weighted by atomic mass is 32.1. The zero-order chi connectivity index (χ0) is 12.1. The van der Waals surface area contributed by atoms with Crippen LogP contribution in [0.5, 0.6) is 0 Å². The summed E-state index contributed by atoms with van der Waals surface area (Å²) in [5.41, 5.74) is 6.12. The predicted octanol–water partition coefficient (Wildman–Crippen LogP) is 0.410. The standard InChI is InChI=1S/C10H16N2O3S/c1-12(5-7(13)6-15-2)10(14)9-8(11)3-4-16-9/h3-4,7,13H,5-6,11H2,1-2H3. The zero-order valence-electron chi connectivity index (χ0n) is 9.34. The molecule has 1 heterocycles. The van der Waals surface area contributed by atoms with Crippen molar-refractivity contribution in [2.45, 2.75) is 6.10 Å². The predicted molar refractivity (Wildman–Crippen MR) is 63.6 cm³/mol. The summed E-state index contributed by atoms with van der Waals surface area (Å²) in [6, 6.07) is 1.69. The number of carbonyl (C=O) groups is 1. The molecule has 0 aliphatic carbocycles. The van der Waals surface area contributed by atoms with Crippen LogP contribution in [0.4, 0.5) is 5.69 Å². The molecule has 1 aromatic rings. The van der Waals surface area contributed by atoms with Gasteiger partial charge < -0.3 is 20.5 Å². The topological polar surface area (TPSA) is 75.8 Å². The molecule has 6 heteroatoms. The average Bonchev–Trinajstić information content (AvgIpc) is 2.63. The van der Waals surface area contributed by atoms with Gasteiger partial charge in [-0.1, -0.05) is 0 Å². The number of rotatable bonds is 5. The molecule has 90 valence electrons. The van der Waals surface area contributed by atoms with Gasteiger partial charge in [-0.3, -0.25) is 4.79 Å². The van der Waals surface area contributed by atoms with E-state index in [-0.39, 0.29) is 19.1 Å². The van der Waals surface area contributed by atoms with Crippen LogP contribution in [-0.4, -0.2) is 49.3 Å². The van der Waals surface area contributed by atoms with Crippen molar-refractivity contribution in [2.75, 3.05) is 33.0 Å². The molecular formula is C10H16N2O3S. The Bertz CT molecular complexity index is 354. The molecular weight excluding hydrogens is 228 g/mol. The van der Waals surface area contributed by atoms with Gasteiger partial charge in [-0.25, -0.2) is 0 Å². The van der Waals surface area contributed by atoms with Crippen molar-refractivity contribution in [3.05, 3.63) is 16.3 Å². The van der Waals surface area contributed by atoms with Crippen molar-refractivity contribution in [2.24, 2.45) is 0 Å². The Morgan fingerprint density at radius 1 is 1.75 bits per heavy atom. The van der Waals surface area contributed by atoms with E-state index in [4.69, 9.17) is 10.5 Å². The van der Waals surface area contributed by atoms with Crippen LogP contribution < -0.4 is 5.73 Å². The highest BCUT2D eigenvalue weighted by Crippen LogP contribution is 2.20. The van der Waals surface area contributed by atoms with Crippen molar-refractivity contribution in [3.8, 4) is 0 Å². The molecule has 0 radical (unpaired) electrons. The number of nitrogens with zero attached hydrogens (tertiary/aromatic N) is 1. The number of carbonyl (C=O) groups excluding carboxylic acids is 1. The van der Waals surface area contributed by atoms with Crippen LogP contribution >= 0.6 is 11.3 Å². The molecule has 16 heavy (non-hydrogen) atoms. The Hall–Kier alpha value is -1.11. The molecule has 1 rings (SSSR count). The minimum absolute atomic E-state index is 0.178. The van der Waals surface area contributed by atoms with E-state index in [2.05, 4.69) is 0 Å². The SMILES string of the molecule is COCC(O)CN(C)C(=O)c1sccc1N. The van der Waals surface area contributed by atoms with Gasteiger partial charge in [0.15, 0.2) is 0 Å². The summed E-state index contributed by atoms with van der Waals surface area (Å²) < 4.78 is 4.79. The summed E-state index contributed by atoms with van der Waals surface area (Å²) in [6.45, 7) is 0.432. The van der Waals surface area contributed by atoms with E-state index in [9.17, 15) is 9.90 Å². The Balaban J connectivity index is 2.58. The molecule has 1 aromatic heterocycles. The van der Waals surface area contributed by atoms with Gasteiger partial charge in [-0.2, -0.15) is 0 Å². The van der Waals surface area contributed by atoms with Crippen LogP contribution in [0.3, 0.4) is 0 Å². The Labute approximate surface area is 98.4 Å². The summed E-state index contributed by atoms with van der Waals surface area (Å²) in [7, 11) is 3.13. The number of aliphatic hydroxyl groups excluding tert-OH is 1. The van der Waals surface area contributed by atoms with Gasteiger partial charge in [-0.05, 0) is 11.4 Å². The molecule has 1 amide bonds. The number of aliphatic hydroxyl groups is 1. The molecule has 0 saturated carbocycles. The van der Waals surface area contributed by atoms with Crippen molar-refractivity contribution < 1.29 is 14.6 Å². The lowest BCUT2D eigenvalue weighted by Gasteiger charge is -2.20. The van der Waals surface area contributed by atoms with E-state index in [1.165, 1.54) is 23.3 Å². The molecule has 1 unspecified atom stereocenters. The molecule has 3 N–H and O–H groups in total. The molecule has 0 spiro atoms. The first-order valence-corrected chi connectivity index (χ1v) is 5.69. The van der Waals surface area contributed by atoms with Crippen molar-refractivity contribution >= 4 is 22.9 Å². The first kappa shape index (κ1) is 13.0. The summed E-state index contributed by atoms with van der Waals surface area (Å²) >= 11 is 1.30. The summed E-state index contributed by atoms with van der Waals surface area (Å²) in [5.74, 6) is -0.178. The zero-order valence-corrected chi connectivity index (χ0v) is 10.2. The minimum atomic E-state index is -0.680. The molecule has 0 saturated heterocycles. The molecule has 0 aliphatic rings. The number of methoxy groups -OCH3 is 1. The second-order valence-electron chi connectivity index (χ2n) is 3.50. The quantitative estimate of drug-likeness (QED) is 0.786. The molecule has 5 nitrogen and oxygen atoms in total.